The molecule has 0 amide bonds. The number of nitrogen functional groups attached to an aromatic ring is 1. The number of fused-ring (bicyclic) bond motifs is 1. The third-order valence-corrected chi connectivity index (χ3v) is 3.82. The quantitative estimate of drug-likeness (QED) is 0.863. The lowest BCUT2D eigenvalue weighted by Crippen LogP contribution is -2.47. The fraction of sp³-hybridized carbons (Fsp3) is 0.538. The van der Waals surface area contributed by atoms with Gasteiger partial charge < -0.3 is 10.1 Å². The molecule has 2 aromatic heterocycles. The molecule has 2 aromatic rings. The van der Waals surface area contributed by atoms with Gasteiger partial charge in [-0.3, -0.25) is 5.43 Å². The zero-order chi connectivity index (χ0) is 13.4. The van der Waals surface area contributed by atoms with Crippen LogP contribution in [0.4, 0.5) is 11.6 Å². The lowest BCUT2D eigenvalue weighted by molar-refractivity contribution is 0.135. The van der Waals surface area contributed by atoms with Gasteiger partial charge in [-0.2, -0.15) is 0 Å². The number of hydrazine groups is 1. The van der Waals surface area contributed by atoms with Crippen LogP contribution in [0.15, 0.2) is 18.6 Å². The van der Waals surface area contributed by atoms with E-state index in [-0.39, 0.29) is 0 Å². The molecule has 0 radical (unpaired) electrons. The van der Waals surface area contributed by atoms with Crippen molar-refractivity contribution in [1.82, 2.24) is 19.4 Å². The van der Waals surface area contributed by atoms with Gasteiger partial charge in [0.1, 0.15) is 5.82 Å². The van der Waals surface area contributed by atoms with E-state index >= 15 is 0 Å². The lowest BCUT2D eigenvalue weighted by Gasteiger charge is -2.39. The molecule has 1 saturated heterocycles. The van der Waals surface area contributed by atoms with Gasteiger partial charge in [0.15, 0.2) is 11.5 Å². The Hall–Kier alpha value is -1.82. The average molecular weight is 260 g/mol. The highest BCUT2D eigenvalue weighted by molar-refractivity contribution is 5.64. The van der Waals surface area contributed by atoms with Crippen molar-refractivity contribution >= 4 is 17.3 Å². The van der Waals surface area contributed by atoms with E-state index in [1.165, 1.54) is 19.3 Å². The van der Waals surface area contributed by atoms with Crippen LogP contribution in [0.5, 0.6) is 0 Å². The number of piperidine rings is 1. The maximum atomic E-state index is 5.84. The first-order chi connectivity index (χ1) is 9.15. The van der Waals surface area contributed by atoms with Gasteiger partial charge in [0, 0.05) is 24.5 Å². The van der Waals surface area contributed by atoms with Gasteiger partial charge in [0.25, 0.3) is 0 Å². The van der Waals surface area contributed by atoms with Gasteiger partial charge in [0.05, 0.1) is 6.20 Å². The van der Waals surface area contributed by atoms with E-state index in [0.29, 0.717) is 17.9 Å². The maximum absolute atomic E-state index is 5.84. The van der Waals surface area contributed by atoms with Crippen LogP contribution >= 0.6 is 0 Å². The van der Waals surface area contributed by atoms with Gasteiger partial charge in [-0.15, -0.1) is 0 Å². The molecular formula is C13H20N6. The molecule has 2 atom stereocenters. The molecule has 1 aliphatic rings. The zero-order valence-electron chi connectivity index (χ0n) is 11.4. The van der Waals surface area contributed by atoms with Gasteiger partial charge in [-0.1, -0.05) is 6.42 Å². The molecule has 3 N–H and O–H groups in total. The summed E-state index contributed by atoms with van der Waals surface area (Å²) in [5.74, 6) is 1.22. The van der Waals surface area contributed by atoms with Crippen LogP contribution in [0.2, 0.25) is 0 Å². The standard InChI is InChI=1S/C13H20N6/c1-9-4-3-5-10(2)19(9)17-12-13-15-6-7-18(13)8-11(14)16-12/h6-10H,3-5,14H2,1-2H3,(H,16,17). The van der Waals surface area contributed by atoms with Gasteiger partial charge in [-0.25, -0.2) is 15.0 Å². The van der Waals surface area contributed by atoms with E-state index in [9.17, 15) is 0 Å². The Bertz CT molecular complexity index is 568. The summed E-state index contributed by atoms with van der Waals surface area (Å²) in [6.07, 6.45) is 9.08. The van der Waals surface area contributed by atoms with E-state index in [1.807, 2.05) is 10.6 Å². The van der Waals surface area contributed by atoms with Crippen LogP contribution < -0.4 is 11.2 Å². The number of rotatable bonds is 2. The molecule has 6 nitrogen and oxygen atoms in total. The zero-order valence-corrected chi connectivity index (χ0v) is 11.4. The summed E-state index contributed by atoms with van der Waals surface area (Å²) in [5.41, 5.74) is 10.1. The number of hydrogen-bond donors (Lipinski definition) is 2. The second kappa shape index (κ2) is 4.70. The minimum atomic E-state index is 0.488. The van der Waals surface area contributed by atoms with Crippen molar-refractivity contribution in [3.8, 4) is 0 Å². The Balaban J connectivity index is 1.93. The van der Waals surface area contributed by atoms with Gasteiger partial charge >= 0.3 is 0 Å². The lowest BCUT2D eigenvalue weighted by atomic mass is 10.00. The van der Waals surface area contributed by atoms with Crippen molar-refractivity contribution in [1.29, 1.82) is 0 Å². The molecule has 0 aliphatic carbocycles. The number of nitrogens with one attached hydrogen (secondary N) is 1. The van der Waals surface area contributed by atoms with Crippen molar-refractivity contribution in [2.24, 2.45) is 0 Å². The Morgan fingerprint density at radius 1 is 1.32 bits per heavy atom. The number of hydrogen-bond acceptors (Lipinski definition) is 5. The monoisotopic (exact) mass is 260 g/mol. The molecule has 3 rings (SSSR count). The molecule has 0 bridgehead atoms. The summed E-state index contributed by atoms with van der Waals surface area (Å²) in [4.78, 5) is 8.71. The molecule has 3 heterocycles. The maximum Gasteiger partial charge on any atom is 0.186 e. The number of nitrogens with zero attached hydrogens (tertiary/aromatic N) is 4. The molecule has 0 spiro atoms. The summed E-state index contributed by atoms with van der Waals surface area (Å²) in [5, 5.41) is 2.26. The molecule has 102 valence electrons. The number of aromatic nitrogens is 3. The third-order valence-electron chi connectivity index (χ3n) is 3.82. The van der Waals surface area contributed by atoms with Crippen molar-refractivity contribution in [3.05, 3.63) is 18.6 Å². The predicted octanol–water partition coefficient (Wildman–Crippen LogP) is 1.90. The fourth-order valence-electron chi connectivity index (χ4n) is 2.79. The number of imidazole rings is 1. The van der Waals surface area contributed by atoms with Crippen LogP contribution in [-0.4, -0.2) is 31.5 Å². The molecule has 19 heavy (non-hydrogen) atoms. The second-order valence-electron chi connectivity index (χ2n) is 5.32. The number of anilines is 2. The topological polar surface area (TPSA) is 71.5 Å². The minimum Gasteiger partial charge on any atom is -0.382 e. The number of nitrogens with two attached hydrogens (primary N) is 1. The first kappa shape index (κ1) is 12.2. The third kappa shape index (κ3) is 2.23. The van der Waals surface area contributed by atoms with Crippen molar-refractivity contribution in [3.63, 3.8) is 0 Å². The highest BCUT2D eigenvalue weighted by atomic mass is 15.6. The van der Waals surface area contributed by atoms with E-state index < -0.39 is 0 Å². The van der Waals surface area contributed by atoms with Crippen molar-refractivity contribution < 1.29 is 0 Å². The van der Waals surface area contributed by atoms with Gasteiger partial charge in [0.2, 0.25) is 0 Å². The van der Waals surface area contributed by atoms with E-state index in [1.54, 1.807) is 12.4 Å². The Morgan fingerprint density at radius 2 is 2.05 bits per heavy atom. The largest absolute Gasteiger partial charge is 0.382 e. The molecule has 1 aliphatic heterocycles. The van der Waals surface area contributed by atoms with E-state index in [4.69, 9.17) is 5.73 Å². The smallest absolute Gasteiger partial charge is 0.186 e. The van der Waals surface area contributed by atoms with Crippen LogP contribution in [-0.2, 0) is 0 Å². The van der Waals surface area contributed by atoms with E-state index in [0.717, 1.165) is 11.5 Å². The van der Waals surface area contributed by atoms with Crippen molar-refractivity contribution in [2.45, 2.75) is 45.2 Å². The minimum absolute atomic E-state index is 0.488. The fourth-order valence-corrected chi connectivity index (χ4v) is 2.79. The summed E-state index contributed by atoms with van der Waals surface area (Å²) in [7, 11) is 0. The highest BCUT2D eigenvalue weighted by Crippen LogP contribution is 2.24. The summed E-state index contributed by atoms with van der Waals surface area (Å²) in [6, 6.07) is 0.976. The van der Waals surface area contributed by atoms with Crippen LogP contribution in [0.3, 0.4) is 0 Å². The van der Waals surface area contributed by atoms with Gasteiger partial charge in [-0.05, 0) is 26.7 Å². The first-order valence-electron chi connectivity index (χ1n) is 6.79. The van der Waals surface area contributed by atoms with Crippen LogP contribution in [0.1, 0.15) is 33.1 Å². The molecule has 0 aromatic carbocycles. The predicted molar refractivity (Wildman–Crippen MR) is 75.6 cm³/mol. The normalized spacial score (nSPS) is 24.7. The Labute approximate surface area is 112 Å². The molecular weight excluding hydrogens is 240 g/mol. The SMILES string of the molecule is CC1CCCC(C)N1Nc1nc(N)cn2ccnc12. The Morgan fingerprint density at radius 3 is 2.79 bits per heavy atom. The Kier molecular flexibility index (Phi) is 3.02. The average Bonchev–Trinajstić information content (AvgIpc) is 2.81. The van der Waals surface area contributed by atoms with Crippen molar-refractivity contribution in [2.75, 3.05) is 11.2 Å². The summed E-state index contributed by atoms with van der Waals surface area (Å²) < 4.78 is 1.89. The molecule has 0 saturated carbocycles. The van der Waals surface area contributed by atoms with E-state index in [2.05, 4.69) is 34.3 Å². The molecule has 1 fully saturated rings. The molecule has 6 heteroatoms. The summed E-state index contributed by atoms with van der Waals surface area (Å²) in [6.45, 7) is 4.47. The highest BCUT2D eigenvalue weighted by Gasteiger charge is 2.25. The summed E-state index contributed by atoms with van der Waals surface area (Å²) >= 11 is 0. The van der Waals surface area contributed by atoms with Crippen LogP contribution in [0, 0.1) is 0 Å². The van der Waals surface area contributed by atoms with Crippen LogP contribution in [0.25, 0.3) is 5.65 Å². The second-order valence-corrected chi connectivity index (χ2v) is 5.32. The molecule has 2 unspecified atom stereocenters. The first-order valence-corrected chi connectivity index (χ1v) is 6.79.